The van der Waals surface area contributed by atoms with E-state index in [1.54, 1.807) is 17.0 Å². The number of benzene rings is 1. The molecule has 0 atom stereocenters. The van der Waals surface area contributed by atoms with Crippen LogP contribution in [0.5, 0.6) is 5.88 Å². The molecule has 3 aromatic rings. The average molecular weight is 339 g/mol. The molecule has 0 fully saturated rings. The number of amides is 1. The number of ether oxygens (including phenoxy) is 1. The van der Waals surface area contributed by atoms with Gasteiger partial charge in [-0.15, -0.1) is 0 Å². The van der Waals surface area contributed by atoms with Crippen molar-refractivity contribution < 1.29 is 9.53 Å². The molecule has 1 amide bonds. The number of hydrogen-bond acceptors (Lipinski definition) is 5. The van der Waals surface area contributed by atoms with Gasteiger partial charge in [0.2, 0.25) is 11.8 Å². The maximum Gasteiger partial charge on any atom is 0.418 e. The van der Waals surface area contributed by atoms with Crippen molar-refractivity contribution >= 4 is 28.8 Å². The zero-order chi connectivity index (χ0) is 18.0. The lowest BCUT2D eigenvalue weighted by atomic mass is 10.3. The van der Waals surface area contributed by atoms with Gasteiger partial charge in [-0.3, -0.25) is 5.32 Å². The number of nitrogens with zero attached hydrogens (tertiary/aromatic N) is 4. The Kier molecular flexibility index (Phi) is 4.56. The van der Waals surface area contributed by atoms with Gasteiger partial charge in [0.1, 0.15) is 5.65 Å². The smallest absolute Gasteiger partial charge is 0.390 e. The predicted octanol–water partition coefficient (Wildman–Crippen LogP) is 3.69. The highest BCUT2D eigenvalue weighted by Gasteiger charge is 2.17. The highest BCUT2D eigenvalue weighted by molar-refractivity contribution is 5.90. The molecule has 0 bridgehead atoms. The molecule has 3 rings (SSSR count). The number of hydrogen-bond donors (Lipinski definition) is 1. The largest absolute Gasteiger partial charge is 0.418 e. The van der Waals surface area contributed by atoms with Crippen molar-refractivity contribution in [3.05, 3.63) is 42.6 Å². The summed E-state index contributed by atoms with van der Waals surface area (Å²) in [5.41, 5.74) is 1.39. The normalized spacial score (nSPS) is 10.9. The maximum atomic E-state index is 12.2. The Morgan fingerprint density at radius 3 is 2.52 bits per heavy atom. The van der Waals surface area contributed by atoms with Gasteiger partial charge in [-0.05, 0) is 32.0 Å². The fourth-order valence-corrected chi connectivity index (χ4v) is 2.44. The van der Waals surface area contributed by atoms with E-state index in [-0.39, 0.29) is 11.9 Å². The summed E-state index contributed by atoms with van der Waals surface area (Å²) in [4.78, 5) is 23.0. The molecule has 7 heteroatoms. The van der Waals surface area contributed by atoms with Gasteiger partial charge in [0, 0.05) is 32.0 Å². The minimum absolute atomic E-state index is 0.230. The second-order valence-electron chi connectivity index (χ2n) is 6.16. The van der Waals surface area contributed by atoms with Gasteiger partial charge in [0.15, 0.2) is 0 Å². The number of carbonyl (C=O) groups excluding carboxylic acids is 1. The van der Waals surface area contributed by atoms with Gasteiger partial charge in [0.25, 0.3) is 0 Å². The summed E-state index contributed by atoms with van der Waals surface area (Å²) in [5, 5.41) is 3.39. The summed E-state index contributed by atoms with van der Waals surface area (Å²) in [6, 6.07) is 11.2. The molecule has 0 unspecified atom stereocenters. The van der Waals surface area contributed by atoms with Crippen molar-refractivity contribution in [1.29, 1.82) is 0 Å². The first-order chi connectivity index (χ1) is 12.0. The van der Waals surface area contributed by atoms with Crippen LogP contribution in [-0.4, -0.2) is 34.7 Å². The van der Waals surface area contributed by atoms with Crippen LogP contribution in [0.25, 0.3) is 11.0 Å². The number of nitrogens with one attached hydrogen (secondary N) is 1. The predicted molar refractivity (Wildman–Crippen MR) is 98.3 cm³/mol. The Labute approximate surface area is 146 Å². The van der Waals surface area contributed by atoms with Crippen molar-refractivity contribution in [2.45, 2.75) is 19.9 Å². The molecule has 130 valence electrons. The van der Waals surface area contributed by atoms with E-state index < -0.39 is 6.09 Å². The minimum atomic E-state index is -0.590. The van der Waals surface area contributed by atoms with E-state index in [1.165, 1.54) is 0 Å². The molecule has 1 aromatic carbocycles. The van der Waals surface area contributed by atoms with E-state index in [0.717, 1.165) is 5.65 Å². The fourth-order valence-electron chi connectivity index (χ4n) is 2.44. The van der Waals surface area contributed by atoms with Crippen LogP contribution in [0.4, 0.5) is 16.4 Å². The maximum absolute atomic E-state index is 12.2. The van der Waals surface area contributed by atoms with Crippen molar-refractivity contribution in [2.24, 2.45) is 0 Å². The van der Waals surface area contributed by atoms with Gasteiger partial charge in [-0.1, -0.05) is 18.2 Å². The molecule has 0 aliphatic carbocycles. The molecule has 25 heavy (non-hydrogen) atoms. The van der Waals surface area contributed by atoms with Crippen LogP contribution in [-0.2, 0) is 0 Å². The highest BCUT2D eigenvalue weighted by Crippen LogP contribution is 2.28. The number of para-hydroxylation sites is 1. The number of fused-ring (bicyclic) bond motifs is 1. The topological polar surface area (TPSA) is 72.3 Å². The second kappa shape index (κ2) is 6.80. The molecule has 0 spiro atoms. The lowest BCUT2D eigenvalue weighted by Gasteiger charge is -2.14. The zero-order valence-electron chi connectivity index (χ0n) is 14.7. The molecule has 0 radical (unpaired) electrons. The number of anilines is 2. The fraction of sp³-hybridized carbons (Fsp3) is 0.278. The first-order valence-electron chi connectivity index (χ1n) is 8.05. The van der Waals surface area contributed by atoms with Crippen molar-refractivity contribution in [3.8, 4) is 5.88 Å². The molecule has 0 aliphatic heterocycles. The van der Waals surface area contributed by atoms with Gasteiger partial charge < -0.3 is 14.2 Å². The van der Waals surface area contributed by atoms with E-state index in [9.17, 15) is 4.79 Å². The molecule has 0 saturated carbocycles. The Morgan fingerprint density at radius 1 is 1.16 bits per heavy atom. The SMILES string of the molecule is CC(C)n1ccc2c(OC(=O)Nc3ccccc3)nc(N(C)C)nc21. The van der Waals surface area contributed by atoms with E-state index in [2.05, 4.69) is 29.1 Å². The van der Waals surface area contributed by atoms with Gasteiger partial charge in [0.05, 0.1) is 5.39 Å². The van der Waals surface area contributed by atoms with Crippen LogP contribution in [0, 0.1) is 0 Å². The standard InChI is InChI=1S/C18H21N5O2/c1-12(2)23-11-10-14-15(23)20-17(22(3)4)21-16(14)25-18(24)19-13-8-6-5-7-9-13/h5-12H,1-4H3,(H,19,24). The van der Waals surface area contributed by atoms with E-state index in [0.29, 0.717) is 17.0 Å². The van der Waals surface area contributed by atoms with Crippen LogP contribution < -0.4 is 15.0 Å². The zero-order valence-corrected chi connectivity index (χ0v) is 14.7. The van der Waals surface area contributed by atoms with Crippen LogP contribution >= 0.6 is 0 Å². The van der Waals surface area contributed by atoms with Crippen molar-refractivity contribution in [1.82, 2.24) is 14.5 Å². The number of rotatable bonds is 4. The Bertz CT molecular complexity index is 887. The third-order valence-electron chi connectivity index (χ3n) is 3.69. The average Bonchev–Trinajstić information content (AvgIpc) is 3.00. The summed E-state index contributed by atoms with van der Waals surface area (Å²) < 4.78 is 7.49. The molecule has 1 N–H and O–H groups in total. The lowest BCUT2D eigenvalue weighted by Crippen LogP contribution is -2.19. The van der Waals surface area contributed by atoms with E-state index in [4.69, 9.17) is 4.74 Å². The van der Waals surface area contributed by atoms with Crippen molar-refractivity contribution in [2.75, 3.05) is 24.3 Å². The molecule has 0 aliphatic rings. The van der Waals surface area contributed by atoms with Gasteiger partial charge in [-0.2, -0.15) is 9.97 Å². The van der Waals surface area contributed by atoms with Crippen LogP contribution in [0.15, 0.2) is 42.6 Å². The third kappa shape index (κ3) is 3.55. The third-order valence-corrected chi connectivity index (χ3v) is 3.69. The Hall–Kier alpha value is -3.09. The first-order valence-corrected chi connectivity index (χ1v) is 8.05. The number of aromatic nitrogens is 3. The quantitative estimate of drug-likeness (QED) is 0.785. The van der Waals surface area contributed by atoms with E-state index >= 15 is 0 Å². The summed E-state index contributed by atoms with van der Waals surface area (Å²) in [5.74, 6) is 0.720. The van der Waals surface area contributed by atoms with Crippen molar-refractivity contribution in [3.63, 3.8) is 0 Å². The first kappa shape index (κ1) is 16.8. The van der Waals surface area contributed by atoms with Gasteiger partial charge >= 0.3 is 6.09 Å². The van der Waals surface area contributed by atoms with Crippen LogP contribution in [0.2, 0.25) is 0 Å². The molecular weight excluding hydrogens is 318 g/mol. The molecule has 0 saturated heterocycles. The highest BCUT2D eigenvalue weighted by atomic mass is 16.6. The summed E-state index contributed by atoms with van der Waals surface area (Å²) in [7, 11) is 3.69. The van der Waals surface area contributed by atoms with Gasteiger partial charge in [-0.25, -0.2) is 4.79 Å². The minimum Gasteiger partial charge on any atom is -0.390 e. The Morgan fingerprint density at radius 2 is 1.88 bits per heavy atom. The van der Waals surface area contributed by atoms with E-state index in [1.807, 2.05) is 49.1 Å². The molecule has 2 heterocycles. The number of carbonyl (C=O) groups is 1. The Balaban J connectivity index is 1.95. The lowest BCUT2D eigenvalue weighted by molar-refractivity contribution is 0.214. The molecular formula is C18H21N5O2. The van der Waals surface area contributed by atoms with Crippen LogP contribution in [0.1, 0.15) is 19.9 Å². The van der Waals surface area contributed by atoms with Crippen LogP contribution in [0.3, 0.4) is 0 Å². The summed E-state index contributed by atoms with van der Waals surface area (Å²) >= 11 is 0. The molecule has 2 aromatic heterocycles. The second-order valence-corrected chi connectivity index (χ2v) is 6.16. The summed E-state index contributed by atoms with van der Waals surface area (Å²) in [6.07, 6.45) is 1.33. The molecule has 7 nitrogen and oxygen atoms in total. The summed E-state index contributed by atoms with van der Waals surface area (Å²) in [6.45, 7) is 4.14. The monoisotopic (exact) mass is 339 g/mol.